The SMILES string of the molecule is CCC(C)c1ccc(S(=O)(=O)NCc2cc(-c3ccccc3)on2)cc1. The largest absolute Gasteiger partial charge is 0.356 e. The normalized spacial score (nSPS) is 12.8. The van der Waals surface area contributed by atoms with Gasteiger partial charge < -0.3 is 4.52 Å². The van der Waals surface area contributed by atoms with Gasteiger partial charge in [-0.25, -0.2) is 13.1 Å². The molecule has 3 aromatic rings. The van der Waals surface area contributed by atoms with Gasteiger partial charge in [0.15, 0.2) is 5.76 Å². The first kappa shape index (κ1) is 18.4. The fourth-order valence-electron chi connectivity index (χ4n) is 2.60. The summed E-state index contributed by atoms with van der Waals surface area (Å²) in [5.74, 6) is 1.02. The molecule has 6 heteroatoms. The van der Waals surface area contributed by atoms with Crippen molar-refractivity contribution in [1.82, 2.24) is 9.88 Å². The van der Waals surface area contributed by atoms with Gasteiger partial charge in [-0.2, -0.15) is 0 Å². The summed E-state index contributed by atoms with van der Waals surface area (Å²) < 4.78 is 32.8. The molecule has 1 heterocycles. The van der Waals surface area contributed by atoms with Crippen molar-refractivity contribution in [2.45, 2.75) is 37.6 Å². The standard InChI is InChI=1S/C20H22N2O3S/c1-3-15(2)16-9-11-19(12-10-16)26(23,24)21-14-18-13-20(25-22-18)17-7-5-4-6-8-17/h4-13,15,21H,3,14H2,1-2H3. The fraction of sp³-hybridized carbons (Fsp3) is 0.250. The van der Waals surface area contributed by atoms with Crippen LogP contribution in [0.3, 0.4) is 0 Å². The maximum Gasteiger partial charge on any atom is 0.240 e. The third kappa shape index (κ3) is 4.20. The summed E-state index contributed by atoms with van der Waals surface area (Å²) in [5.41, 5.74) is 2.56. The molecule has 0 saturated heterocycles. The average Bonchev–Trinajstić information content (AvgIpc) is 3.16. The van der Waals surface area contributed by atoms with E-state index in [1.807, 2.05) is 42.5 Å². The molecular weight excluding hydrogens is 348 g/mol. The lowest BCUT2D eigenvalue weighted by Crippen LogP contribution is -2.23. The average molecular weight is 370 g/mol. The molecule has 1 unspecified atom stereocenters. The second-order valence-corrected chi connectivity index (χ2v) is 8.02. The smallest absolute Gasteiger partial charge is 0.240 e. The van der Waals surface area contributed by atoms with Gasteiger partial charge in [-0.3, -0.25) is 0 Å². The van der Waals surface area contributed by atoms with Crippen LogP contribution in [0.25, 0.3) is 11.3 Å². The Morgan fingerprint density at radius 1 is 1.08 bits per heavy atom. The Kier molecular flexibility index (Phi) is 5.54. The van der Waals surface area contributed by atoms with Gasteiger partial charge in [0.05, 0.1) is 17.1 Å². The van der Waals surface area contributed by atoms with Crippen molar-refractivity contribution in [2.24, 2.45) is 0 Å². The van der Waals surface area contributed by atoms with Crippen molar-refractivity contribution < 1.29 is 12.9 Å². The summed E-state index contributed by atoms with van der Waals surface area (Å²) in [4.78, 5) is 0.247. The molecule has 1 atom stereocenters. The minimum atomic E-state index is -3.59. The first-order chi connectivity index (χ1) is 12.5. The molecule has 3 rings (SSSR count). The Hall–Kier alpha value is -2.44. The fourth-order valence-corrected chi connectivity index (χ4v) is 3.60. The molecule has 2 aromatic carbocycles. The van der Waals surface area contributed by atoms with E-state index in [0.717, 1.165) is 17.5 Å². The van der Waals surface area contributed by atoms with E-state index in [1.165, 1.54) is 0 Å². The Balaban J connectivity index is 1.68. The van der Waals surface area contributed by atoms with E-state index in [9.17, 15) is 8.42 Å². The van der Waals surface area contributed by atoms with Crippen molar-refractivity contribution in [3.63, 3.8) is 0 Å². The van der Waals surface area contributed by atoms with Crippen LogP contribution in [0, 0.1) is 0 Å². The molecule has 136 valence electrons. The van der Waals surface area contributed by atoms with Crippen molar-refractivity contribution in [3.05, 3.63) is 71.9 Å². The topological polar surface area (TPSA) is 72.2 Å². The summed E-state index contributed by atoms with van der Waals surface area (Å²) >= 11 is 0. The Bertz CT molecular complexity index is 948. The minimum Gasteiger partial charge on any atom is -0.356 e. The zero-order valence-corrected chi connectivity index (χ0v) is 15.7. The van der Waals surface area contributed by atoms with Crippen LogP contribution in [0.5, 0.6) is 0 Å². The predicted octanol–water partition coefficient (Wildman–Crippen LogP) is 4.33. The molecule has 1 aromatic heterocycles. The number of aromatic nitrogens is 1. The third-order valence-corrected chi connectivity index (χ3v) is 5.85. The molecule has 0 bridgehead atoms. The van der Waals surface area contributed by atoms with Gasteiger partial charge in [-0.15, -0.1) is 0 Å². The van der Waals surface area contributed by atoms with Crippen LogP contribution in [0.4, 0.5) is 0 Å². The van der Waals surface area contributed by atoms with E-state index in [1.54, 1.807) is 18.2 Å². The third-order valence-electron chi connectivity index (χ3n) is 4.43. The maximum absolute atomic E-state index is 12.5. The molecule has 5 nitrogen and oxygen atoms in total. The van der Waals surface area contributed by atoms with E-state index in [0.29, 0.717) is 17.4 Å². The molecule has 0 amide bonds. The van der Waals surface area contributed by atoms with Gasteiger partial charge in [-0.1, -0.05) is 61.5 Å². The second-order valence-electron chi connectivity index (χ2n) is 6.25. The highest BCUT2D eigenvalue weighted by Crippen LogP contribution is 2.22. The van der Waals surface area contributed by atoms with E-state index < -0.39 is 10.0 Å². The summed E-state index contributed by atoms with van der Waals surface area (Å²) in [5, 5.41) is 3.94. The molecule has 0 spiro atoms. The van der Waals surface area contributed by atoms with Crippen LogP contribution in [0.2, 0.25) is 0 Å². The summed E-state index contributed by atoms with van der Waals surface area (Å²) in [6, 6.07) is 18.3. The minimum absolute atomic E-state index is 0.0752. The first-order valence-corrected chi connectivity index (χ1v) is 10.1. The molecule has 0 fully saturated rings. The molecular formula is C20H22N2O3S. The molecule has 0 saturated carbocycles. The molecule has 26 heavy (non-hydrogen) atoms. The van der Waals surface area contributed by atoms with E-state index in [-0.39, 0.29) is 11.4 Å². The van der Waals surface area contributed by atoms with Gasteiger partial charge in [-0.05, 0) is 30.0 Å². The van der Waals surface area contributed by atoms with Crippen molar-refractivity contribution in [3.8, 4) is 11.3 Å². The van der Waals surface area contributed by atoms with Crippen LogP contribution in [-0.2, 0) is 16.6 Å². The Labute approximate surface area is 154 Å². The number of rotatable bonds is 7. The predicted molar refractivity (Wildman–Crippen MR) is 101 cm³/mol. The number of benzene rings is 2. The molecule has 1 N–H and O–H groups in total. The van der Waals surface area contributed by atoms with Gasteiger partial charge in [0.1, 0.15) is 0 Å². The van der Waals surface area contributed by atoms with Crippen LogP contribution in [-0.4, -0.2) is 13.6 Å². The van der Waals surface area contributed by atoms with Crippen LogP contribution >= 0.6 is 0 Å². The Morgan fingerprint density at radius 3 is 2.42 bits per heavy atom. The monoisotopic (exact) mass is 370 g/mol. The van der Waals surface area contributed by atoms with Crippen LogP contribution < -0.4 is 4.72 Å². The second kappa shape index (κ2) is 7.85. The summed E-state index contributed by atoms with van der Waals surface area (Å²) in [6.07, 6.45) is 1.01. The van der Waals surface area contributed by atoms with E-state index in [2.05, 4.69) is 23.7 Å². The number of sulfonamides is 1. The molecule has 0 aliphatic heterocycles. The van der Waals surface area contributed by atoms with Crippen molar-refractivity contribution in [2.75, 3.05) is 0 Å². The van der Waals surface area contributed by atoms with Crippen LogP contribution in [0.1, 0.15) is 37.4 Å². The van der Waals surface area contributed by atoms with Gasteiger partial charge in [0.2, 0.25) is 10.0 Å². The highest BCUT2D eigenvalue weighted by atomic mass is 32.2. The quantitative estimate of drug-likeness (QED) is 0.672. The molecule has 0 aliphatic rings. The summed E-state index contributed by atoms with van der Waals surface area (Å²) in [7, 11) is -3.59. The van der Waals surface area contributed by atoms with E-state index in [4.69, 9.17) is 4.52 Å². The van der Waals surface area contributed by atoms with E-state index >= 15 is 0 Å². The highest BCUT2D eigenvalue weighted by Gasteiger charge is 2.16. The van der Waals surface area contributed by atoms with Gasteiger partial charge >= 0.3 is 0 Å². The van der Waals surface area contributed by atoms with Crippen molar-refractivity contribution >= 4 is 10.0 Å². The first-order valence-electron chi connectivity index (χ1n) is 8.60. The highest BCUT2D eigenvalue weighted by molar-refractivity contribution is 7.89. The lowest BCUT2D eigenvalue weighted by molar-refractivity contribution is 0.422. The zero-order valence-electron chi connectivity index (χ0n) is 14.8. The zero-order chi connectivity index (χ0) is 18.6. The Morgan fingerprint density at radius 2 is 1.77 bits per heavy atom. The number of hydrogen-bond donors (Lipinski definition) is 1. The number of hydrogen-bond acceptors (Lipinski definition) is 4. The molecule has 0 aliphatic carbocycles. The summed E-state index contributed by atoms with van der Waals surface area (Å²) in [6.45, 7) is 4.31. The van der Waals surface area contributed by atoms with Crippen LogP contribution in [0.15, 0.2) is 70.1 Å². The maximum atomic E-state index is 12.5. The molecule has 0 radical (unpaired) electrons. The van der Waals surface area contributed by atoms with Gasteiger partial charge in [0.25, 0.3) is 0 Å². The number of nitrogens with zero attached hydrogens (tertiary/aromatic N) is 1. The van der Waals surface area contributed by atoms with Gasteiger partial charge in [0, 0.05) is 11.6 Å². The van der Waals surface area contributed by atoms with Crippen molar-refractivity contribution in [1.29, 1.82) is 0 Å². The number of nitrogens with one attached hydrogen (secondary N) is 1. The lowest BCUT2D eigenvalue weighted by Gasteiger charge is -2.10. The lowest BCUT2D eigenvalue weighted by atomic mass is 9.99.